The van der Waals surface area contributed by atoms with Gasteiger partial charge in [-0.1, -0.05) is 26.7 Å². The van der Waals surface area contributed by atoms with E-state index in [2.05, 4.69) is 23.7 Å². The molecular weight excluding hydrogens is 294 g/mol. The molecule has 0 saturated carbocycles. The van der Waals surface area contributed by atoms with Crippen LogP contribution in [0.5, 0.6) is 0 Å². The van der Waals surface area contributed by atoms with Crippen LogP contribution in [-0.2, 0) is 11.3 Å². The number of nitrogens with zero attached hydrogens (tertiary/aromatic N) is 3. The zero-order chi connectivity index (χ0) is 15.6. The summed E-state index contributed by atoms with van der Waals surface area (Å²) in [5, 5.41) is 0. The first-order valence-electron chi connectivity index (χ1n) is 8.56. The maximum atomic E-state index is 12.7. The third-order valence-corrected chi connectivity index (χ3v) is 6.16. The molecule has 122 valence electrons. The Morgan fingerprint density at radius 1 is 1.36 bits per heavy atom. The molecule has 0 radical (unpaired) electrons. The van der Waals surface area contributed by atoms with Gasteiger partial charge in [-0.15, -0.1) is 11.3 Å². The van der Waals surface area contributed by atoms with E-state index in [1.165, 1.54) is 30.7 Å². The number of likely N-dealkylation sites (tertiary alicyclic amines) is 2. The number of amides is 1. The van der Waals surface area contributed by atoms with E-state index in [4.69, 9.17) is 0 Å². The van der Waals surface area contributed by atoms with Gasteiger partial charge in [-0.25, -0.2) is 0 Å². The molecule has 3 rings (SSSR count). The molecule has 22 heavy (non-hydrogen) atoms. The lowest BCUT2D eigenvalue weighted by molar-refractivity contribution is -0.167. The van der Waals surface area contributed by atoms with Gasteiger partial charge in [0.1, 0.15) is 0 Å². The highest BCUT2D eigenvalue weighted by Crippen LogP contribution is 2.41. The average molecular weight is 321 g/mol. The fourth-order valence-electron chi connectivity index (χ4n) is 3.98. The minimum absolute atomic E-state index is 0.0744. The minimum atomic E-state index is -0.0744. The monoisotopic (exact) mass is 321 g/mol. The first kappa shape index (κ1) is 15.9. The molecule has 2 fully saturated rings. The predicted molar refractivity (Wildman–Crippen MR) is 89.7 cm³/mol. The third kappa shape index (κ3) is 3.06. The van der Waals surface area contributed by atoms with Crippen molar-refractivity contribution in [3.8, 4) is 0 Å². The van der Waals surface area contributed by atoms with Gasteiger partial charge in [0.25, 0.3) is 0 Å². The van der Waals surface area contributed by atoms with Crippen LogP contribution in [0.4, 0.5) is 0 Å². The number of aromatic nitrogens is 1. The highest BCUT2D eigenvalue weighted by atomic mass is 32.1. The topological polar surface area (TPSA) is 36.4 Å². The summed E-state index contributed by atoms with van der Waals surface area (Å²) in [6.07, 6.45) is 6.60. The Morgan fingerprint density at radius 2 is 2.18 bits per heavy atom. The zero-order valence-electron chi connectivity index (χ0n) is 13.8. The number of hydrogen-bond acceptors (Lipinski definition) is 4. The summed E-state index contributed by atoms with van der Waals surface area (Å²) in [7, 11) is 0. The van der Waals surface area contributed by atoms with Crippen molar-refractivity contribution in [1.29, 1.82) is 0 Å². The SMILES string of the molecule is CCC(CC)CN1CCCC2(C1)CN(Cc1cncs1)C2=O. The molecular formula is C17H27N3OS. The summed E-state index contributed by atoms with van der Waals surface area (Å²) in [5.74, 6) is 1.15. The number of rotatable bonds is 6. The van der Waals surface area contributed by atoms with Crippen LogP contribution < -0.4 is 0 Å². The lowest BCUT2D eigenvalue weighted by Gasteiger charge is -2.53. The first-order valence-corrected chi connectivity index (χ1v) is 9.44. The Balaban J connectivity index is 1.57. The Labute approximate surface area is 137 Å². The number of thiazole rings is 1. The van der Waals surface area contributed by atoms with Crippen molar-refractivity contribution in [1.82, 2.24) is 14.8 Å². The summed E-state index contributed by atoms with van der Waals surface area (Å²) >= 11 is 1.64. The van der Waals surface area contributed by atoms with Crippen LogP contribution in [0.25, 0.3) is 0 Å². The summed E-state index contributed by atoms with van der Waals surface area (Å²) in [6.45, 7) is 9.54. The lowest BCUT2D eigenvalue weighted by Crippen LogP contribution is -2.66. The van der Waals surface area contributed by atoms with E-state index >= 15 is 0 Å². The van der Waals surface area contributed by atoms with E-state index in [1.807, 2.05) is 16.6 Å². The molecule has 4 nitrogen and oxygen atoms in total. The van der Waals surface area contributed by atoms with Crippen LogP contribution in [0, 0.1) is 11.3 Å². The Morgan fingerprint density at radius 3 is 2.82 bits per heavy atom. The standard InChI is InChI=1S/C17H27N3OS/c1-3-14(4-2)9-19-7-5-6-17(11-19)12-20(16(17)21)10-15-8-18-13-22-15/h8,13-14H,3-7,9-12H2,1-2H3. The van der Waals surface area contributed by atoms with Crippen molar-refractivity contribution in [2.24, 2.45) is 11.3 Å². The van der Waals surface area contributed by atoms with E-state index < -0.39 is 0 Å². The number of carbonyl (C=O) groups excluding carboxylic acids is 1. The van der Waals surface area contributed by atoms with Gasteiger partial charge in [-0.05, 0) is 25.3 Å². The highest BCUT2D eigenvalue weighted by Gasteiger charge is 2.53. The molecule has 1 atom stereocenters. The molecule has 2 aliphatic heterocycles. The van der Waals surface area contributed by atoms with E-state index in [-0.39, 0.29) is 5.41 Å². The van der Waals surface area contributed by atoms with Gasteiger partial charge < -0.3 is 9.80 Å². The molecule has 0 aliphatic carbocycles. The van der Waals surface area contributed by atoms with Crippen molar-refractivity contribution < 1.29 is 4.79 Å². The molecule has 2 saturated heterocycles. The smallest absolute Gasteiger partial charge is 0.232 e. The van der Waals surface area contributed by atoms with E-state index in [1.54, 1.807) is 11.3 Å². The largest absolute Gasteiger partial charge is 0.336 e. The van der Waals surface area contributed by atoms with Crippen LogP contribution in [0.2, 0.25) is 0 Å². The van der Waals surface area contributed by atoms with Crippen LogP contribution >= 0.6 is 11.3 Å². The lowest BCUT2D eigenvalue weighted by atomic mass is 9.72. The third-order valence-electron chi connectivity index (χ3n) is 5.39. The molecule has 1 spiro atoms. The second-order valence-electron chi connectivity index (χ2n) is 6.93. The zero-order valence-corrected chi connectivity index (χ0v) is 14.6. The Bertz CT molecular complexity index is 500. The Kier molecular flexibility index (Phi) is 4.83. The maximum Gasteiger partial charge on any atom is 0.232 e. The number of β-lactam (4-membered cyclic amide) rings is 1. The highest BCUT2D eigenvalue weighted by molar-refractivity contribution is 7.09. The van der Waals surface area contributed by atoms with Crippen LogP contribution in [-0.4, -0.2) is 46.9 Å². The van der Waals surface area contributed by atoms with E-state index in [9.17, 15) is 4.79 Å². The van der Waals surface area contributed by atoms with Gasteiger partial charge in [0.05, 0.1) is 17.5 Å². The van der Waals surface area contributed by atoms with Crippen molar-refractivity contribution in [3.05, 3.63) is 16.6 Å². The normalized spacial score (nSPS) is 26.0. The maximum absolute atomic E-state index is 12.7. The van der Waals surface area contributed by atoms with Crippen molar-refractivity contribution >= 4 is 17.2 Å². The van der Waals surface area contributed by atoms with Gasteiger partial charge in [0, 0.05) is 30.7 Å². The molecule has 2 aliphatic rings. The fourth-order valence-corrected chi connectivity index (χ4v) is 4.59. The second kappa shape index (κ2) is 6.67. The van der Waals surface area contributed by atoms with Gasteiger partial charge in [-0.2, -0.15) is 0 Å². The van der Waals surface area contributed by atoms with Crippen LogP contribution in [0.1, 0.15) is 44.4 Å². The predicted octanol–water partition coefficient (Wildman–Crippen LogP) is 3.00. The van der Waals surface area contributed by atoms with Gasteiger partial charge in [0.15, 0.2) is 0 Å². The average Bonchev–Trinajstić information content (AvgIpc) is 3.05. The Hall–Kier alpha value is -0.940. The summed E-state index contributed by atoms with van der Waals surface area (Å²) in [6, 6.07) is 0. The summed E-state index contributed by atoms with van der Waals surface area (Å²) in [4.78, 5) is 22.6. The van der Waals surface area contributed by atoms with E-state index in [0.717, 1.165) is 38.5 Å². The molecule has 3 heterocycles. The van der Waals surface area contributed by atoms with E-state index in [0.29, 0.717) is 5.91 Å². The molecule has 1 aromatic heterocycles. The summed E-state index contributed by atoms with van der Waals surface area (Å²) in [5.41, 5.74) is 1.77. The van der Waals surface area contributed by atoms with Crippen molar-refractivity contribution in [2.75, 3.05) is 26.2 Å². The number of carbonyl (C=O) groups is 1. The number of piperidine rings is 1. The molecule has 1 unspecified atom stereocenters. The summed E-state index contributed by atoms with van der Waals surface area (Å²) < 4.78 is 0. The molecule has 5 heteroatoms. The molecule has 0 aromatic carbocycles. The number of hydrogen-bond donors (Lipinski definition) is 0. The molecule has 0 N–H and O–H groups in total. The quantitative estimate of drug-likeness (QED) is 0.756. The van der Waals surface area contributed by atoms with Gasteiger partial charge >= 0.3 is 0 Å². The molecule has 1 amide bonds. The molecule has 1 aromatic rings. The van der Waals surface area contributed by atoms with Crippen molar-refractivity contribution in [3.63, 3.8) is 0 Å². The van der Waals surface area contributed by atoms with Gasteiger partial charge in [-0.3, -0.25) is 9.78 Å². The molecule has 0 bridgehead atoms. The van der Waals surface area contributed by atoms with Crippen LogP contribution in [0.15, 0.2) is 11.7 Å². The first-order chi connectivity index (χ1) is 10.7. The van der Waals surface area contributed by atoms with Gasteiger partial charge in [0.2, 0.25) is 5.91 Å². The minimum Gasteiger partial charge on any atom is -0.336 e. The van der Waals surface area contributed by atoms with Crippen molar-refractivity contribution in [2.45, 2.75) is 46.1 Å². The fraction of sp³-hybridized carbons (Fsp3) is 0.765. The van der Waals surface area contributed by atoms with Crippen LogP contribution in [0.3, 0.4) is 0 Å². The second-order valence-corrected chi connectivity index (χ2v) is 7.90.